The van der Waals surface area contributed by atoms with E-state index in [9.17, 15) is 23.1 Å². The van der Waals surface area contributed by atoms with Crippen LogP contribution in [0.1, 0.15) is 22.0 Å². The zero-order chi connectivity index (χ0) is 15.4. The number of aromatic nitrogens is 1. The van der Waals surface area contributed by atoms with Crippen LogP contribution in [0.4, 0.5) is 13.2 Å². The quantitative estimate of drug-likeness (QED) is 0.906. The Morgan fingerprint density at radius 1 is 1.19 bits per heavy atom. The van der Waals surface area contributed by atoms with E-state index in [1.807, 2.05) is 0 Å². The standard InChI is InChI=1S/C14H11F3N2O2/c15-9-2-1-3-10(16)13(9)12(20)7-19-14(21)8-4-5-18-6-11(8)17/h1-6,12,20H,7H2,(H,19,21). The molecule has 110 valence electrons. The zero-order valence-electron chi connectivity index (χ0n) is 10.7. The van der Waals surface area contributed by atoms with Gasteiger partial charge in [0.25, 0.3) is 5.91 Å². The van der Waals surface area contributed by atoms with Gasteiger partial charge in [-0.2, -0.15) is 0 Å². The van der Waals surface area contributed by atoms with E-state index in [0.717, 1.165) is 30.5 Å². The highest BCUT2D eigenvalue weighted by atomic mass is 19.1. The number of rotatable bonds is 4. The molecule has 21 heavy (non-hydrogen) atoms. The number of nitrogens with one attached hydrogen (secondary N) is 1. The number of halogens is 3. The average Bonchev–Trinajstić information content (AvgIpc) is 2.45. The highest BCUT2D eigenvalue weighted by Gasteiger charge is 2.19. The summed E-state index contributed by atoms with van der Waals surface area (Å²) in [6, 6.07) is 4.30. The molecule has 0 bridgehead atoms. The molecule has 2 rings (SSSR count). The second-order valence-electron chi connectivity index (χ2n) is 4.22. The molecule has 7 heteroatoms. The lowest BCUT2D eigenvalue weighted by molar-refractivity contribution is 0.0907. The molecule has 2 N–H and O–H groups in total. The molecule has 2 aromatic rings. The molecular formula is C14H11F3N2O2. The van der Waals surface area contributed by atoms with Crippen molar-refractivity contribution in [2.24, 2.45) is 0 Å². The molecule has 1 heterocycles. The molecule has 0 aliphatic carbocycles. The van der Waals surface area contributed by atoms with Crippen molar-refractivity contribution in [3.8, 4) is 0 Å². The summed E-state index contributed by atoms with van der Waals surface area (Å²) in [6.07, 6.45) is 0.507. The molecule has 0 aliphatic heterocycles. The van der Waals surface area contributed by atoms with Gasteiger partial charge in [-0.15, -0.1) is 0 Å². The van der Waals surface area contributed by atoms with Crippen LogP contribution in [0.25, 0.3) is 0 Å². The van der Waals surface area contributed by atoms with E-state index >= 15 is 0 Å². The van der Waals surface area contributed by atoms with Gasteiger partial charge in [-0.3, -0.25) is 9.78 Å². The van der Waals surface area contributed by atoms with Crippen LogP contribution in [0, 0.1) is 17.5 Å². The maximum Gasteiger partial charge on any atom is 0.254 e. The fraction of sp³-hybridized carbons (Fsp3) is 0.143. The average molecular weight is 296 g/mol. The smallest absolute Gasteiger partial charge is 0.254 e. The Morgan fingerprint density at radius 2 is 1.86 bits per heavy atom. The number of hydrogen-bond donors (Lipinski definition) is 2. The molecule has 1 amide bonds. The van der Waals surface area contributed by atoms with Crippen molar-refractivity contribution in [2.45, 2.75) is 6.10 Å². The summed E-state index contributed by atoms with van der Waals surface area (Å²) >= 11 is 0. The van der Waals surface area contributed by atoms with Crippen LogP contribution in [0.5, 0.6) is 0 Å². The predicted octanol–water partition coefficient (Wildman–Crippen LogP) is 1.96. The van der Waals surface area contributed by atoms with Gasteiger partial charge in [0.1, 0.15) is 17.7 Å². The van der Waals surface area contributed by atoms with E-state index < -0.39 is 41.6 Å². The lowest BCUT2D eigenvalue weighted by atomic mass is 10.1. The lowest BCUT2D eigenvalue weighted by Gasteiger charge is -2.14. The fourth-order valence-corrected chi connectivity index (χ4v) is 1.78. The molecule has 1 unspecified atom stereocenters. The highest BCUT2D eigenvalue weighted by Crippen LogP contribution is 2.20. The molecule has 0 aliphatic rings. The summed E-state index contributed by atoms with van der Waals surface area (Å²) in [5.74, 6) is -3.49. The number of hydrogen-bond acceptors (Lipinski definition) is 3. The third-order valence-corrected chi connectivity index (χ3v) is 2.81. The van der Waals surface area contributed by atoms with Crippen molar-refractivity contribution < 1.29 is 23.1 Å². The summed E-state index contributed by atoms with van der Waals surface area (Å²) in [7, 11) is 0. The van der Waals surface area contributed by atoms with E-state index in [2.05, 4.69) is 10.3 Å². The zero-order valence-corrected chi connectivity index (χ0v) is 10.7. The van der Waals surface area contributed by atoms with Crippen LogP contribution in [-0.4, -0.2) is 22.5 Å². The minimum atomic E-state index is -1.58. The maximum atomic E-state index is 13.4. The summed E-state index contributed by atoms with van der Waals surface area (Å²) in [5, 5.41) is 11.9. The van der Waals surface area contributed by atoms with Crippen LogP contribution in [-0.2, 0) is 0 Å². The highest BCUT2D eigenvalue weighted by molar-refractivity contribution is 5.94. The number of carbonyl (C=O) groups excluding carboxylic acids is 1. The summed E-state index contributed by atoms with van der Waals surface area (Å²) < 4.78 is 40.2. The summed E-state index contributed by atoms with van der Waals surface area (Å²) in [6.45, 7) is -0.460. The first-order valence-corrected chi connectivity index (χ1v) is 6.00. The molecule has 1 aromatic heterocycles. The van der Waals surface area contributed by atoms with Gasteiger partial charge in [-0.05, 0) is 18.2 Å². The Labute approximate surface area is 118 Å². The molecule has 1 atom stereocenters. The van der Waals surface area contributed by atoms with Crippen molar-refractivity contribution in [1.29, 1.82) is 0 Å². The number of benzene rings is 1. The van der Waals surface area contributed by atoms with Crippen molar-refractivity contribution >= 4 is 5.91 Å². The van der Waals surface area contributed by atoms with Gasteiger partial charge >= 0.3 is 0 Å². The summed E-state index contributed by atoms with van der Waals surface area (Å²) in [5.41, 5.74) is -0.820. The molecule has 0 spiro atoms. The van der Waals surface area contributed by atoms with Gasteiger partial charge in [-0.25, -0.2) is 13.2 Å². The van der Waals surface area contributed by atoms with Crippen LogP contribution >= 0.6 is 0 Å². The van der Waals surface area contributed by atoms with Gasteiger partial charge in [0, 0.05) is 12.7 Å². The van der Waals surface area contributed by atoms with E-state index in [0.29, 0.717) is 0 Å². The largest absolute Gasteiger partial charge is 0.386 e. The minimum absolute atomic E-state index is 0.272. The Kier molecular flexibility index (Phi) is 4.54. The Balaban J connectivity index is 2.06. The van der Waals surface area contributed by atoms with Crippen LogP contribution in [0.2, 0.25) is 0 Å². The first-order valence-electron chi connectivity index (χ1n) is 6.00. The maximum absolute atomic E-state index is 13.4. The molecule has 1 aromatic carbocycles. The summed E-state index contributed by atoms with van der Waals surface area (Å²) in [4.78, 5) is 15.2. The SMILES string of the molecule is O=C(NCC(O)c1c(F)cccc1F)c1ccncc1F. The van der Waals surface area contributed by atoms with Gasteiger partial charge in [0.15, 0.2) is 5.82 Å². The number of aliphatic hydroxyl groups is 1. The van der Waals surface area contributed by atoms with Crippen molar-refractivity contribution in [1.82, 2.24) is 10.3 Å². The lowest BCUT2D eigenvalue weighted by Crippen LogP contribution is -2.29. The Morgan fingerprint density at radius 3 is 2.48 bits per heavy atom. The number of aliphatic hydroxyl groups excluding tert-OH is 1. The van der Waals surface area contributed by atoms with Crippen molar-refractivity contribution in [2.75, 3.05) is 6.54 Å². The molecule has 0 radical (unpaired) electrons. The third kappa shape index (κ3) is 3.38. The first kappa shape index (κ1) is 15.0. The monoisotopic (exact) mass is 296 g/mol. The molecule has 0 saturated carbocycles. The minimum Gasteiger partial charge on any atom is -0.386 e. The Bertz CT molecular complexity index is 644. The van der Waals surface area contributed by atoms with Crippen LogP contribution in [0.15, 0.2) is 36.7 Å². The van der Waals surface area contributed by atoms with E-state index in [-0.39, 0.29) is 5.56 Å². The van der Waals surface area contributed by atoms with Crippen molar-refractivity contribution in [3.63, 3.8) is 0 Å². The third-order valence-electron chi connectivity index (χ3n) is 2.81. The number of pyridine rings is 1. The number of carbonyl (C=O) groups is 1. The van der Waals surface area contributed by atoms with Crippen molar-refractivity contribution in [3.05, 3.63) is 65.2 Å². The normalized spacial score (nSPS) is 12.0. The topological polar surface area (TPSA) is 62.2 Å². The Hall–Kier alpha value is -2.41. The van der Waals surface area contributed by atoms with Gasteiger partial charge in [-0.1, -0.05) is 6.07 Å². The van der Waals surface area contributed by atoms with Gasteiger partial charge in [0.05, 0.1) is 17.3 Å². The first-order chi connectivity index (χ1) is 10.0. The second kappa shape index (κ2) is 6.36. The molecule has 4 nitrogen and oxygen atoms in total. The molecular weight excluding hydrogens is 285 g/mol. The predicted molar refractivity (Wildman–Crippen MR) is 67.8 cm³/mol. The van der Waals surface area contributed by atoms with Crippen LogP contribution < -0.4 is 5.32 Å². The van der Waals surface area contributed by atoms with Gasteiger partial charge in [0.2, 0.25) is 0 Å². The molecule has 0 saturated heterocycles. The molecule has 0 fully saturated rings. The van der Waals surface area contributed by atoms with E-state index in [1.165, 1.54) is 6.20 Å². The van der Waals surface area contributed by atoms with Gasteiger partial charge < -0.3 is 10.4 Å². The second-order valence-corrected chi connectivity index (χ2v) is 4.22. The van der Waals surface area contributed by atoms with Crippen LogP contribution in [0.3, 0.4) is 0 Å². The number of nitrogens with zero attached hydrogens (tertiary/aromatic N) is 1. The van der Waals surface area contributed by atoms with E-state index in [4.69, 9.17) is 0 Å². The fourth-order valence-electron chi connectivity index (χ4n) is 1.78. The number of amides is 1. The van der Waals surface area contributed by atoms with E-state index in [1.54, 1.807) is 0 Å².